The molecule has 19 heavy (non-hydrogen) atoms. The molecule has 0 fully saturated rings. The van der Waals surface area contributed by atoms with Crippen LogP contribution >= 0.6 is 66.7 Å². The Morgan fingerprint density at radius 1 is 1.21 bits per heavy atom. The first-order chi connectivity index (χ1) is 8.77. The van der Waals surface area contributed by atoms with Crippen molar-refractivity contribution in [2.45, 2.75) is 22.3 Å². The third-order valence-electron chi connectivity index (χ3n) is 2.89. The van der Waals surface area contributed by atoms with Gasteiger partial charge < -0.3 is 4.74 Å². The monoisotopic (exact) mass is 447 g/mol. The summed E-state index contributed by atoms with van der Waals surface area (Å²) in [5.74, 6) is 0.956. The standard InChI is InChI=1S/C12H10Br2Cl3NO/c1-11(2-3-15)12(13,14)19-10(18-11)7-4-8(16)6-9(17)5-7/h4-6H,2-3H2,1H3. The molecule has 0 saturated carbocycles. The summed E-state index contributed by atoms with van der Waals surface area (Å²) in [5.41, 5.74) is 0.220. The van der Waals surface area contributed by atoms with E-state index in [4.69, 9.17) is 39.5 Å². The molecule has 0 aromatic heterocycles. The van der Waals surface area contributed by atoms with Gasteiger partial charge in [-0.25, -0.2) is 4.99 Å². The first-order valence-electron chi connectivity index (χ1n) is 5.46. The van der Waals surface area contributed by atoms with Crippen LogP contribution in [0.4, 0.5) is 0 Å². The Kier molecular flexibility index (Phi) is 4.79. The van der Waals surface area contributed by atoms with E-state index in [9.17, 15) is 0 Å². The highest BCUT2D eigenvalue weighted by Crippen LogP contribution is 2.49. The second-order valence-corrected chi connectivity index (χ2v) is 8.96. The first-order valence-corrected chi connectivity index (χ1v) is 8.34. The molecule has 1 aromatic rings. The summed E-state index contributed by atoms with van der Waals surface area (Å²) in [7, 11) is 0. The van der Waals surface area contributed by atoms with E-state index in [1.54, 1.807) is 18.2 Å². The summed E-state index contributed by atoms with van der Waals surface area (Å²) in [6.07, 6.45) is 0.656. The number of aliphatic imine (C=N–C) groups is 1. The van der Waals surface area contributed by atoms with Crippen LogP contribution in [0.3, 0.4) is 0 Å². The zero-order chi connectivity index (χ0) is 14.3. The lowest BCUT2D eigenvalue weighted by atomic mass is 10.0. The minimum atomic E-state index is -0.786. The number of hydrogen-bond acceptors (Lipinski definition) is 2. The fourth-order valence-corrected chi connectivity index (χ4v) is 3.50. The number of benzene rings is 1. The summed E-state index contributed by atoms with van der Waals surface area (Å²) in [6.45, 7) is 1.96. The molecule has 0 amide bonds. The van der Waals surface area contributed by atoms with Crippen LogP contribution in [-0.2, 0) is 4.74 Å². The molecule has 1 unspecified atom stereocenters. The lowest BCUT2D eigenvalue weighted by Crippen LogP contribution is -2.39. The van der Waals surface area contributed by atoms with Gasteiger partial charge in [0.05, 0.1) is 0 Å². The van der Waals surface area contributed by atoms with E-state index in [0.717, 1.165) is 5.56 Å². The molecule has 104 valence electrons. The van der Waals surface area contributed by atoms with Gasteiger partial charge in [-0.05, 0) is 63.4 Å². The number of halogens is 5. The summed E-state index contributed by atoms with van der Waals surface area (Å²) in [6, 6.07) is 5.18. The first kappa shape index (κ1) is 15.9. The second kappa shape index (κ2) is 5.72. The van der Waals surface area contributed by atoms with Gasteiger partial charge in [-0.3, -0.25) is 0 Å². The molecular formula is C12H10Br2Cl3NO. The highest BCUT2D eigenvalue weighted by atomic mass is 79.9. The smallest absolute Gasteiger partial charge is 0.244 e. The normalized spacial score (nSPS) is 25.1. The van der Waals surface area contributed by atoms with Crippen molar-refractivity contribution in [2.24, 2.45) is 4.99 Å². The molecular weight excluding hydrogens is 440 g/mol. The Labute approximate surface area is 143 Å². The summed E-state index contributed by atoms with van der Waals surface area (Å²) < 4.78 is 5.03. The van der Waals surface area contributed by atoms with Crippen LogP contribution in [0, 0.1) is 0 Å². The summed E-state index contributed by atoms with van der Waals surface area (Å²) in [5, 5.41) is 1.07. The Bertz CT molecular complexity index is 515. The van der Waals surface area contributed by atoms with Gasteiger partial charge in [-0.2, -0.15) is 0 Å². The van der Waals surface area contributed by atoms with Crippen LogP contribution in [0.2, 0.25) is 10.0 Å². The Hall–Kier alpha value is 0.520. The highest BCUT2D eigenvalue weighted by molar-refractivity contribution is 9.25. The van der Waals surface area contributed by atoms with E-state index in [2.05, 4.69) is 36.9 Å². The van der Waals surface area contributed by atoms with Crippen molar-refractivity contribution < 1.29 is 4.74 Å². The predicted molar refractivity (Wildman–Crippen MR) is 88.4 cm³/mol. The van der Waals surface area contributed by atoms with Gasteiger partial charge in [0.1, 0.15) is 5.54 Å². The fraction of sp³-hybridized carbons (Fsp3) is 0.417. The number of alkyl halides is 3. The maximum Gasteiger partial charge on any atom is 0.244 e. The van der Waals surface area contributed by atoms with Crippen molar-refractivity contribution >= 4 is 72.6 Å². The van der Waals surface area contributed by atoms with Crippen molar-refractivity contribution in [2.75, 3.05) is 5.88 Å². The predicted octanol–water partition coefficient (Wildman–Crippen LogP) is 5.60. The molecule has 0 saturated heterocycles. The third-order valence-corrected chi connectivity index (χ3v) is 5.55. The zero-order valence-corrected chi connectivity index (χ0v) is 15.3. The lowest BCUT2D eigenvalue weighted by molar-refractivity contribution is 0.210. The second-order valence-electron chi connectivity index (χ2n) is 4.41. The number of rotatable bonds is 3. The Morgan fingerprint density at radius 2 is 1.79 bits per heavy atom. The molecule has 0 bridgehead atoms. The number of nitrogens with zero attached hydrogens (tertiary/aromatic N) is 1. The molecule has 0 radical (unpaired) electrons. The van der Waals surface area contributed by atoms with Gasteiger partial charge in [0.25, 0.3) is 0 Å². The van der Waals surface area contributed by atoms with Crippen molar-refractivity contribution in [3.05, 3.63) is 33.8 Å². The topological polar surface area (TPSA) is 21.6 Å². The maximum atomic E-state index is 5.99. The molecule has 0 spiro atoms. The van der Waals surface area contributed by atoms with E-state index in [0.29, 0.717) is 28.2 Å². The van der Waals surface area contributed by atoms with E-state index in [-0.39, 0.29) is 0 Å². The van der Waals surface area contributed by atoms with Crippen LogP contribution in [0.5, 0.6) is 0 Å². The van der Waals surface area contributed by atoms with Crippen molar-refractivity contribution in [3.63, 3.8) is 0 Å². The summed E-state index contributed by atoms with van der Waals surface area (Å²) in [4.78, 5) is 4.61. The highest BCUT2D eigenvalue weighted by Gasteiger charge is 2.52. The molecule has 1 aliphatic heterocycles. The fourth-order valence-electron chi connectivity index (χ4n) is 1.73. The Morgan fingerprint density at radius 3 is 2.32 bits per heavy atom. The zero-order valence-electron chi connectivity index (χ0n) is 9.89. The molecule has 1 heterocycles. The molecule has 0 N–H and O–H groups in total. The molecule has 1 aromatic carbocycles. The van der Waals surface area contributed by atoms with E-state index < -0.39 is 8.96 Å². The largest absolute Gasteiger partial charge is 0.446 e. The van der Waals surface area contributed by atoms with Crippen molar-refractivity contribution in [1.82, 2.24) is 0 Å². The minimum Gasteiger partial charge on any atom is -0.446 e. The minimum absolute atomic E-state index is 0.478. The van der Waals surface area contributed by atoms with Gasteiger partial charge in [0, 0.05) is 21.5 Å². The van der Waals surface area contributed by atoms with Gasteiger partial charge in [0.2, 0.25) is 9.32 Å². The number of ether oxygens (including phenoxy) is 1. The Balaban J connectivity index is 2.42. The molecule has 2 nitrogen and oxygen atoms in total. The lowest BCUT2D eigenvalue weighted by Gasteiger charge is -2.29. The van der Waals surface area contributed by atoms with Gasteiger partial charge in [-0.15, -0.1) is 11.6 Å². The molecule has 0 aliphatic carbocycles. The van der Waals surface area contributed by atoms with Gasteiger partial charge in [-0.1, -0.05) is 23.2 Å². The molecule has 7 heteroatoms. The average Bonchev–Trinajstić information content (AvgIpc) is 2.49. The van der Waals surface area contributed by atoms with Crippen LogP contribution < -0.4 is 0 Å². The average molecular weight is 450 g/mol. The number of hydrogen-bond donors (Lipinski definition) is 0. The quantitative estimate of drug-likeness (QED) is 0.550. The van der Waals surface area contributed by atoms with Crippen molar-refractivity contribution in [3.8, 4) is 0 Å². The molecule has 2 rings (SSSR count). The maximum absolute atomic E-state index is 5.99. The summed E-state index contributed by atoms with van der Waals surface area (Å²) >= 11 is 24.8. The van der Waals surface area contributed by atoms with E-state index in [1.807, 2.05) is 6.92 Å². The van der Waals surface area contributed by atoms with Crippen molar-refractivity contribution in [1.29, 1.82) is 0 Å². The SMILES string of the molecule is CC1(CCCl)N=C(c2cc(Cl)cc(Cl)c2)OC1(Br)Br. The van der Waals surface area contributed by atoms with E-state index in [1.165, 1.54) is 0 Å². The molecule has 1 aliphatic rings. The third kappa shape index (κ3) is 3.24. The van der Waals surface area contributed by atoms with Crippen LogP contribution in [0.15, 0.2) is 23.2 Å². The van der Waals surface area contributed by atoms with Crippen LogP contribution in [0.1, 0.15) is 18.9 Å². The van der Waals surface area contributed by atoms with E-state index >= 15 is 0 Å². The van der Waals surface area contributed by atoms with Crippen LogP contribution in [0.25, 0.3) is 0 Å². The van der Waals surface area contributed by atoms with Gasteiger partial charge in [0.15, 0.2) is 0 Å². The van der Waals surface area contributed by atoms with Crippen LogP contribution in [-0.4, -0.2) is 20.7 Å². The van der Waals surface area contributed by atoms with Gasteiger partial charge >= 0.3 is 0 Å². The molecule has 1 atom stereocenters.